The number of amides is 1. The minimum absolute atomic E-state index is 0. The van der Waals surface area contributed by atoms with Gasteiger partial charge in [0.05, 0.1) is 0 Å². The van der Waals surface area contributed by atoms with Crippen LogP contribution in [0.4, 0.5) is 0 Å². The second kappa shape index (κ2) is 10.4. The second-order valence-electron chi connectivity index (χ2n) is 8.07. The Morgan fingerprint density at radius 2 is 2.07 bits per heavy atom. The van der Waals surface area contributed by atoms with Gasteiger partial charge in [0.25, 0.3) is 0 Å². The van der Waals surface area contributed by atoms with Crippen LogP contribution in [0.2, 0.25) is 0 Å². The van der Waals surface area contributed by atoms with E-state index in [1.54, 1.807) is 4.90 Å². The Bertz CT molecular complexity index is 688. The molecule has 28 heavy (non-hydrogen) atoms. The molecule has 2 heterocycles. The van der Waals surface area contributed by atoms with Crippen LogP contribution in [0.3, 0.4) is 0 Å². The molecule has 1 aromatic rings. The molecule has 3 atom stereocenters. The topological polar surface area (TPSA) is 87.4 Å². The molecule has 0 aromatic carbocycles. The van der Waals surface area contributed by atoms with E-state index < -0.39 is 0 Å². The molecule has 2 aliphatic rings. The summed E-state index contributed by atoms with van der Waals surface area (Å²) in [6, 6.07) is 0.303. The van der Waals surface area contributed by atoms with Crippen molar-refractivity contribution in [2.45, 2.75) is 58.0 Å². The Hall–Kier alpha value is -1.39. The molecule has 1 aliphatic heterocycles. The first-order valence-electron chi connectivity index (χ1n) is 10.0. The lowest BCUT2D eigenvalue weighted by molar-refractivity contribution is -0.134. The molecule has 8 nitrogen and oxygen atoms in total. The van der Waals surface area contributed by atoms with Crippen LogP contribution in [0, 0.1) is 18.8 Å². The zero-order valence-electron chi connectivity index (χ0n) is 17.4. The number of aliphatic imine (C=N–C) groups is 1. The van der Waals surface area contributed by atoms with Crippen LogP contribution in [0.1, 0.15) is 43.8 Å². The van der Waals surface area contributed by atoms with Gasteiger partial charge < -0.3 is 20.1 Å². The number of guanidine groups is 1. The lowest BCUT2D eigenvalue weighted by Gasteiger charge is -2.32. The molecule has 0 spiro atoms. The van der Waals surface area contributed by atoms with E-state index >= 15 is 0 Å². The van der Waals surface area contributed by atoms with Gasteiger partial charge in [-0.1, -0.05) is 6.42 Å². The molecule has 3 rings (SSSR count). The Kier molecular flexibility index (Phi) is 8.51. The van der Waals surface area contributed by atoms with Gasteiger partial charge in [0.1, 0.15) is 11.6 Å². The number of rotatable bonds is 4. The van der Waals surface area contributed by atoms with Crippen LogP contribution in [-0.2, 0) is 17.8 Å². The van der Waals surface area contributed by atoms with Gasteiger partial charge in [-0.05, 0) is 38.5 Å². The number of aryl methyl sites for hydroxylation is 2. The van der Waals surface area contributed by atoms with E-state index in [9.17, 15) is 4.79 Å². The highest BCUT2D eigenvalue weighted by atomic mass is 127. The zero-order chi connectivity index (χ0) is 19.4. The monoisotopic (exact) mass is 503 g/mol. The van der Waals surface area contributed by atoms with E-state index in [0.29, 0.717) is 12.0 Å². The van der Waals surface area contributed by atoms with E-state index in [2.05, 4.69) is 30.4 Å². The summed E-state index contributed by atoms with van der Waals surface area (Å²) in [5.41, 5.74) is 0. The maximum absolute atomic E-state index is 12.3. The van der Waals surface area contributed by atoms with Gasteiger partial charge in [-0.25, -0.2) is 0 Å². The smallest absolute Gasteiger partial charge is 0.225 e. The molecule has 1 aromatic heterocycles. The van der Waals surface area contributed by atoms with Crippen molar-refractivity contribution in [3.8, 4) is 0 Å². The molecule has 1 saturated carbocycles. The van der Waals surface area contributed by atoms with Gasteiger partial charge in [0.2, 0.25) is 5.91 Å². The van der Waals surface area contributed by atoms with E-state index in [-0.39, 0.29) is 35.8 Å². The van der Waals surface area contributed by atoms with Gasteiger partial charge in [0.15, 0.2) is 5.96 Å². The molecule has 1 fully saturated rings. The Balaban J connectivity index is 0.00000280. The molecule has 2 N–H and O–H groups in total. The highest BCUT2D eigenvalue weighted by Gasteiger charge is 2.29. The first-order valence-corrected chi connectivity index (χ1v) is 10.0. The number of hydrogen-bond acceptors (Lipinski definition) is 4. The zero-order valence-corrected chi connectivity index (χ0v) is 19.8. The first-order chi connectivity index (χ1) is 13.0. The summed E-state index contributed by atoms with van der Waals surface area (Å²) in [5.74, 6) is 3.84. The molecule has 3 unspecified atom stereocenters. The standard InChI is InChI=1S/C19H33N7O.HI/c1-13-23-24-17-9-8-14(12-26(13)17)11-21-19(20-2)22-16-7-5-6-15(10-16)18(27)25(3)4;/h14-16H,5-12H2,1-4H3,(H2,20,21,22);1H. The van der Waals surface area contributed by atoms with Gasteiger partial charge >= 0.3 is 0 Å². The number of fused-ring (bicyclic) bond motifs is 1. The Labute approximate surface area is 185 Å². The molecule has 9 heteroatoms. The third-order valence-corrected chi connectivity index (χ3v) is 5.82. The molecule has 158 valence electrons. The predicted molar refractivity (Wildman–Crippen MR) is 121 cm³/mol. The second-order valence-corrected chi connectivity index (χ2v) is 8.07. The van der Waals surface area contributed by atoms with E-state index in [1.165, 1.54) is 0 Å². The summed E-state index contributed by atoms with van der Waals surface area (Å²) in [5, 5.41) is 15.4. The fraction of sp³-hybridized carbons (Fsp3) is 0.789. The summed E-state index contributed by atoms with van der Waals surface area (Å²) in [6.07, 6.45) is 6.14. The van der Waals surface area contributed by atoms with E-state index in [0.717, 1.165) is 69.2 Å². The lowest BCUT2D eigenvalue weighted by atomic mass is 9.85. The Morgan fingerprint density at radius 1 is 1.29 bits per heavy atom. The molecule has 0 saturated heterocycles. The minimum atomic E-state index is 0. The summed E-state index contributed by atoms with van der Waals surface area (Å²) in [6.45, 7) is 3.85. The van der Waals surface area contributed by atoms with Gasteiger partial charge in [-0.15, -0.1) is 34.2 Å². The van der Waals surface area contributed by atoms with Crippen LogP contribution >= 0.6 is 24.0 Å². The molecular formula is C19H34IN7O. The van der Waals surface area contributed by atoms with Crippen LogP contribution in [0.5, 0.6) is 0 Å². The quantitative estimate of drug-likeness (QED) is 0.370. The highest BCUT2D eigenvalue weighted by molar-refractivity contribution is 14.0. The Morgan fingerprint density at radius 3 is 2.79 bits per heavy atom. The third-order valence-electron chi connectivity index (χ3n) is 5.82. The van der Waals surface area contributed by atoms with Crippen LogP contribution in [0.15, 0.2) is 4.99 Å². The van der Waals surface area contributed by atoms with Crippen molar-refractivity contribution in [2.24, 2.45) is 16.8 Å². The fourth-order valence-corrected chi connectivity index (χ4v) is 4.24. The SMILES string of the molecule is CN=C(NCC1CCc2nnc(C)n2C1)NC1CCCC(C(=O)N(C)C)C1.I. The highest BCUT2D eigenvalue weighted by Crippen LogP contribution is 2.25. The van der Waals surface area contributed by atoms with Crippen molar-refractivity contribution in [3.63, 3.8) is 0 Å². The van der Waals surface area contributed by atoms with Crippen LogP contribution in [0.25, 0.3) is 0 Å². The van der Waals surface area contributed by atoms with Crippen molar-refractivity contribution in [1.82, 2.24) is 30.3 Å². The molecule has 1 amide bonds. The summed E-state index contributed by atoms with van der Waals surface area (Å²) < 4.78 is 2.23. The maximum Gasteiger partial charge on any atom is 0.225 e. The van der Waals surface area contributed by atoms with Crippen molar-refractivity contribution < 1.29 is 4.79 Å². The average molecular weight is 503 g/mol. The number of carbonyl (C=O) groups is 1. The van der Waals surface area contributed by atoms with Crippen LogP contribution in [-0.4, -0.2) is 65.3 Å². The van der Waals surface area contributed by atoms with Crippen molar-refractivity contribution in [2.75, 3.05) is 27.7 Å². The van der Waals surface area contributed by atoms with E-state index in [4.69, 9.17) is 0 Å². The van der Waals surface area contributed by atoms with Crippen molar-refractivity contribution >= 4 is 35.8 Å². The van der Waals surface area contributed by atoms with Gasteiger partial charge in [-0.2, -0.15) is 0 Å². The first kappa shape index (κ1) is 22.9. The fourth-order valence-electron chi connectivity index (χ4n) is 4.24. The summed E-state index contributed by atoms with van der Waals surface area (Å²) in [7, 11) is 5.49. The normalized spacial score (nSPS) is 24.7. The molecule has 1 aliphatic carbocycles. The third kappa shape index (κ3) is 5.57. The molecular weight excluding hydrogens is 469 g/mol. The number of halogens is 1. The molecule has 0 bridgehead atoms. The maximum atomic E-state index is 12.3. The van der Waals surface area contributed by atoms with Crippen molar-refractivity contribution in [3.05, 3.63) is 11.6 Å². The minimum Gasteiger partial charge on any atom is -0.356 e. The summed E-state index contributed by atoms with van der Waals surface area (Å²) >= 11 is 0. The number of carbonyl (C=O) groups excluding carboxylic acids is 1. The molecule has 0 radical (unpaired) electrons. The van der Waals surface area contributed by atoms with Gasteiger partial charge in [-0.3, -0.25) is 9.79 Å². The number of nitrogens with one attached hydrogen (secondary N) is 2. The van der Waals surface area contributed by atoms with Crippen molar-refractivity contribution in [1.29, 1.82) is 0 Å². The predicted octanol–water partition coefficient (Wildman–Crippen LogP) is 1.58. The largest absolute Gasteiger partial charge is 0.356 e. The number of hydrogen-bond donors (Lipinski definition) is 2. The van der Waals surface area contributed by atoms with Gasteiger partial charge in [0, 0.05) is 52.6 Å². The lowest BCUT2D eigenvalue weighted by Crippen LogP contribution is -2.48. The van der Waals surface area contributed by atoms with E-state index in [1.807, 2.05) is 28.1 Å². The van der Waals surface area contributed by atoms with Crippen LogP contribution < -0.4 is 10.6 Å². The number of aromatic nitrogens is 3. The number of nitrogens with zero attached hydrogens (tertiary/aromatic N) is 5. The summed E-state index contributed by atoms with van der Waals surface area (Å²) in [4.78, 5) is 18.4. The average Bonchev–Trinajstić information content (AvgIpc) is 3.05.